The molecule has 0 aliphatic rings. The topological polar surface area (TPSA) is 89.8 Å². The quantitative estimate of drug-likeness (QED) is 0.655. The van der Waals surface area contributed by atoms with Crippen LogP contribution >= 0.6 is 0 Å². The van der Waals surface area contributed by atoms with Gasteiger partial charge in [-0.1, -0.05) is 0 Å². The molecule has 0 fully saturated rings. The predicted octanol–water partition coefficient (Wildman–Crippen LogP) is -0.634. The average Bonchev–Trinajstić information content (AvgIpc) is 2.58. The van der Waals surface area contributed by atoms with Crippen molar-refractivity contribution in [3.8, 4) is 0 Å². The number of aldehydes is 1. The molecule has 0 saturated heterocycles. The second kappa shape index (κ2) is 5.18. The predicted molar refractivity (Wildman–Crippen MR) is 50.7 cm³/mol. The first-order valence-corrected chi connectivity index (χ1v) is 4.58. The van der Waals surface area contributed by atoms with Crippen LogP contribution in [0.3, 0.4) is 0 Å². The fraction of sp³-hybridized carbons (Fsp3) is 0.625. The minimum Gasteiger partial charge on any atom is -0.346 e. The van der Waals surface area contributed by atoms with Gasteiger partial charge >= 0.3 is 0 Å². The van der Waals surface area contributed by atoms with Gasteiger partial charge in [0.2, 0.25) is 5.91 Å². The molecule has 0 spiro atoms. The lowest BCUT2D eigenvalue weighted by Gasteiger charge is -2.14. The smallest absolute Gasteiger partial charge is 0.217 e. The van der Waals surface area contributed by atoms with E-state index < -0.39 is 0 Å². The van der Waals surface area contributed by atoms with E-state index in [0.29, 0.717) is 18.7 Å². The zero-order chi connectivity index (χ0) is 11.3. The molecule has 0 radical (unpaired) electrons. The van der Waals surface area contributed by atoms with Crippen LogP contribution in [0.25, 0.3) is 0 Å². The number of aromatic nitrogens is 4. The fourth-order valence-electron chi connectivity index (χ4n) is 1.28. The fourth-order valence-corrected chi connectivity index (χ4v) is 1.28. The third-order valence-electron chi connectivity index (χ3n) is 1.92. The maximum Gasteiger partial charge on any atom is 0.217 e. The highest BCUT2D eigenvalue weighted by molar-refractivity contribution is 5.73. The summed E-state index contributed by atoms with van der Waals surface area (Å²) in [6, 6.07) is -0.312. The number of amides is 1. The highest BCUT2D eigenvalue weighted by atomic mass is 16.1. The largest absolute Gasteiger partial charge is 0.346 e. The molecule has 82 valence electrons. The second-order valence-corrected chi connectivity index (χ2v) is 3.16. The highest BCUT2D eigenvalue weighted by Gasteiger charge is 2.17. The van der Waals surface area contributed by atoms with Gasteiger partial charge < -0.3 is 10.1 Å². The van der Waals surface area contributed by atoms with E-state index in [1.165, 1.54) is 11.6 Å². The maximum absolute atomic E-state index is 10.9. The molecule has 15 heavy (non-hydrogen) atoms. The Morgan fingerprint density at radius 2 is 2.40 bits per heavy atom. The van der Waals surface area contributed by atoms with Gasteiger partial charge in [0.1, 0.15) is 6.29 Å². The maximum atomic E-state index is 10.9. The zero-order valence-corrected chi connectivity index (χ0v) is 8.67. The van der Waals surface area contributed by atoms with Crippen LogP contribution in [0.4, 0.5) is 0 Å². The summed E-state index contributed by atoms with van der Waals surface area (Å²) in [6.45, 7) is 1.41. The van der Waals surface area contributed by atoms with Gasteiger partial charge in [-0.2, -0.15) is 0 Å². The number of aryl methyl sites for hydroxylation is 1. The van der Waals surface area contributed by atoms with Gasteiger partial charge in [-0.15, -0.1) is 5.10 Å². The second-order valence-electron chi connectivity index (χ2n) is 3.16. The molecular formula is C8H13N5O2. The van der Waals surface area contributed by atoms with E-state index in [1.54, 1.807) is 7.05 Å². The molecule has 7 heteroatoms. The normalized spacial score (nSPS) is 12.1. The number of nitrogens with one attached hydrogen (secondary N) is 1. The van der Waals surface area contributed by atoms with Crippen molar-refractivity contribution in [3.63, 3.8) is 0 Å². The first-order chi connectivity index (χ1) is 7.15. The summed E-state index contributed by atoms with van der Waals surface area (Å²) in [5.74, 6) is 0.376. The van der Waals surface area contributed by atoms with E-state index in [2.05, 4.69) is 20.8 Å². The van der Waals surface area contributed by atoms with E-state index in [1.807, 2.05) is 0 Å². The third-order valence-corrected chi connectivity index (χ3v) is 1.92. The standard InChI is InChI=1S/C8H13N5O2/c1-6(15)9-7(4-3-5-14)8-10-11-12-13(8)2/h5,7H,3-4H2,1-2H3,(H,9,15)/t7-/m0/s1. The Labute approximate surface area is 86.8 Å². The molecule has 1 aromatic heterocycles. The summed E-state index contributed by atoms with van der Waals surface area (Å²) in [6.07, 6.45) is 1.66. The SMILES string of the molecule is CC(=O)N[C@@H](CCC=O)c1nnnn1C. The summed E-state index contributed by atoms with van der Waals surface area (Å²) >= 11 is 0. The molecule has 0 unspecified atom stereocenters. The lowest BCUT2D eigenvalue weighted by molar-refractivity contribution is -0.120. The van der Waals surface area contributed by atoms with Gasteiger partial charge in [0, 0.05) is 20.4 Å². The number of carbonyl (C=O) groups excluding carboxylic acids is 2. The number of hydrogen-bond donors (Lipinski definition) is 1. The molecule has 0 saturated carbocycles. The van der Waals surface area contributed by atoms with Crippen LogP contribution in [-0.4, -0.2) is 32.4 Å². The average molecular weight is 211 g/mol. The third kappa shape index (κ3) is 3.12. The van der Waals surface area contributed by atoms with Gasteiger partial charge in [-0.25, -0.2) is 4.68 Å². The highest BCUT2D eigenvalue weighted by Crippen LogP contribution is 2.13. The number of rotatable bonds is 5. The van der Waals surface area contributed by atoms with E-state index in [-0.39, 0.29) is 11.9 Å². The Morgan fingerprint density at radius 3 is 2.87 bits per heavy atom. The van der Waals surface area contributed by atoms with E-state index >= 15 is 0 Å². The van der Waals surface area contributed by atoms with Crippen molar-refractivity contribution in [2.45, 2.75) is 25.8 Å². The Balaban J connectivity index is 2.75. The summed E-state index contributed by atoms with van der Waals surface area (Å²) < 4.78 is 1.48. The van der Waals surface area contributed by atoms with E-state index in [4.69, 9.17) is 0 Å². The number of carbonyl (C=O) groups is 2. The minimum absolute atomic E-state index is 0.172. The van der Waals surface area contributed by atoms with Crippen molar-refractivity contribution in [2.24, 2.45) is 7.05 Å². The van der Waals surface area contributed by atoms with Gasteiger partial charge in [-0.3, -0.25) is 4.79 Å². The van der Waals surface area contributed by atoms with Crippen LogP contribution < -0.4 is 5.32 Å². The van der Waals surface area contributed by atoms with Crippen molar-refractivity contribution in [1.29, 1.82) is 0 Å². The van der Waals surface area contributed by atoms with Crippen LogP contribution in [0.1, 0.15) is 31.6 Å². The number of nitrogens with zero attached hydrogens (tertiary/aromatic N) is 4. The lowest BCUT2D eigenvalue weighted by atomic mass is 10.1. The van der Waals surface area contributed by atoms with E-state index in [9.17, 15) is 9.59 Å². The molecule has 0 aliphatic heterocycles. The summed E-state index contributed by atoms with van der Waals surface area (Å²) in [7, 11) is 1.69. The van der Waals surface area contributed by atoms with Crippen LogP contribution in [0, 0.1) is 0 Å². The molecule has 1 atom stereocenters. The molecule has 1 amide bonds. The van der Waals surface area contributed by atoms with Crippen molar-refractivity contribution in [1.82, 2.24) is 25.5 Å². The molecule has 0 bridgehead atoms. The molecular weight excluding hydrogens is 198 g/mol. The first-order valence-electron chi connectivity index (χ1n) is 4.58. The zero-order valence-electron chi connectivity index (χ0n) is 8.67. The Bertz CT molecular complexity index is 349. The van der Waals surface area contributed by atoms with Crippen LogP contribution in [-0.2, 0) is 16.6 Å². The van der Waals surface area contributed by atoms with Crippen molar-refractivity contribution >= 4 is 12.2 Å². The Hall–Kier alpha value is -1.79. The molecule has 1 rings (SSSR count). The monoisotopic (exact) mass is 211 g/mol. The van der Waals surface area contributed by atoms with Gasteiger partial charge in [0.05, 0.1) is 6.04 Å². The van der Waals surface area contributed by atoms with Crippen LogP contribution in [0.5, 0.6) is 0 Å². The summed E-state index contributed by atoms with van der Waals surface area (Å²) in [4.78, 5) is 21.2. The Kier molecular flexibility index (Phi) is 3.90. The molecule has 0 aliphatic carbocycles. The van der Waals surface area contributed by atoms with Gasteiger partial charge in [0.15, 0.2) is 5.82 Å². The lowest BCUT2D eigenvalue weighted by Crippen LogP contribution is -2.28. The molecule has 0 aromatic carbocycles. The van der Waals surface area contributed by atoms with Crippen molar-refractivity contribution in [2.75, 3.05) is 0 Å². The molecule has 1 aromatic rings. The summed E-state index contributed by atoms with van der Waals surface area (Å²) in [5, 5.41) is 13.6. The Morgan fingerprint density at radius 1 is 1.67 bits per heavy atom. The van der Waals surface area contributed by atoms with Crippen molar-refractivity contribution in [3.05, 3.63) is 5.82 Å². The van der Waals surface area contributed by atoms with Crippen LogP contribution in [0.2, 0.25) is 0 Å². The minimum atomic E-state index is -0.312. The van der Waals surface area contributed by atoms with Gasteiger partial charge in [0.25, 0.3) is 0 Å². The van der Waals surface area contributed by atoms with E-state index in [0.717, 1.165) is 6.29 Å². The first kappa shape index (κ1) is 11.3. The van der Waals surface area contributed by atoms with Crippen LogP contribution in [0.15, 0.2) is 0 Å². The molecule has 7 nitrogen and oxygen atoms in total. The van der Waals surface area contributed by atoms with Crippen molar-refractivity contribution < 1.29 is 9.59 Å². The number of hydrogen-bond acceptors (Lipinski definition) is 5. The summed E-state index contributed by atoms with van der Waals surface area (Å²) in [5.41, 5.74) is 0. The molecule has 1 N–H and O–H groups in total. The molecule has 1 heterocycles. The van der Waals surface area contributed by atoms with Gasteiger partial charge in [-0.05, 0) is 16.8 Å². The number of tetrazole rings is 1.